The van der Waals surface area contributed by atoms with Crippen molar-refractivity contribution in [3.8, 4) is 17.4 Å². The Labute approximate surface area is 195 Å². The van der Waals surface area contributed by atoms with Crippen molar-refractivity contribution in [2.45, 2.75) is 32.4 Å². The molecule has 3 aromatic rings. The molecule has 6 heteroatoms. The van der Waals surface area contributed by atoms with Crippen LogP contribution in [0.2, 0.25) is 0 Å². The van der Waals surface area contributed by atoms with Crippen LogP contribution in [0.4, 0.5) is 0 Å². The maximum atomic E-state index is 13.0. The summed E-state index contributed by atoms with van der Waals surface area (Å²) in [5.74, 6) is 2.02. The molecule has 1 amide bonds. The highest BCUT2D eigenvalue weighted by atomic mass is 16.5. The van der Waals surface area contributed by atoms with Crippen LogP contribution >= 0.6 is 0 Å². The van der Waals surface area contributed by atoms with Crippen LogP contribution in [-0.2, 0) is 17.9 Å². The monoisotopic (exact) mass is 445 g/mol. The SMILES string of the molecule is CN(Cc1ccccc1)C(=O)CN1CCCCCOc2ccccc2Oc2ncccc2C1. The van der Waals surface area contributed by atoms with Gasteiger partial charge in [-0.15, -0.1) is 0 Å². The summed E-state index contributed by atoms with van der Waals surface area (Å²) in [5.41, 5.74) is 2.07. The quantitative estimate of drug-likeness (QED) is 0.572. The first-order chi connectivity index (χ1) is 16.2. The van der Waals surface area contributed by atoms with E-state index in [1.54, 1.807) is 11.1 Å². The van der Waals surface area contributed by atoms with E-state index in [1.165, 1.54) is 0 Å². The number of hydrogen-bond acceptors (Lipinski definition) is 5. The van der Waals surface area contributed by atoms with Gasteiger partial charge < -0.3 is 14.4 Å². The van der Waals surface area contributed by atoms with E-state index in [0.29, 0.717) is 37.9 Å². The van der Waals surface area contributed by atoms with E-state index < -0.39 is 0 Å². The van der Waals surface area contributed by atoms with E-state index in [9.17, 15) is 4.79 Å². The summed E-state index contributed by atoms with van der Waals surface area (Å²) in [4.78, 5) is 21.5. The molecule has 1 aliphatic heterocycles. The minimum absolute atomic E-state index is 0.100. The van der Waals surface area contributed by atoms with Crippen molar-refractivity contribution in [3.05, 3.63) is 84.1 Å². The molecule has 1 aliphatic rings. The lowest BCUT2D eigenvalue weighted by Crippen LogP contribution is -2.38. The Morgan fingerprint density at radius 1 is 0.970 bits per heavy atom. The van der Waals surface area contributed by atoms with Gasteiger partial charge in [-0.05, 0) is 49.6 Å². The second kappa shape index (κ2) is 11.5. The van der Waals surface area contributed by atoms with Gasteiger partial charge in [-0.3, -0.25) is 9.69 Å². The van der Waals surface area contributed by atoms with Crippen LogP contribution in [0, 0.1) is 0 Å². The van der Waals surface area contributed by atoms with Gasteiger partial charge in [-0.25, -0.2) is 4.98 Å². The van der Waals surface area contributed by atoms with Crippen molar-refractivity contribution in [2.24, 2.45) is 0 Å². The van der Waals surface area contributed by atoms with Crippen molar-refractivity contribution in [2.75, 3.05) is 26.7 Å². The number of ether oxygens (including phenoxy) is 2. The Kier molecular flexibility index (Phi) is 7.93. The fraction of sp³-hybridized carbons (Fsp3) is 0.333. The van der Waals surface area contributed by atoms with Crippen molar-refractivity contribution >= 4 is 5.91 Å². The number of aromatic nitrogens is 1. The maximum Gasteiger partial charge on any atom is 0.236 e. The standard InChI is InChI=1S/C27H31N3O3/c1-29(19-22-11-4-2-5-12-22)26(31)21-30-17-8-3-9-18-32-24-14-6-7-15-25(24)33-27-23(20-30)13-10-16-28-27/h2,4-7,10-16H,3,8-9,17-21H2,1H3. The summed E-state index contributed by atoms with van der Waals surface area (Å²) in [5, 5.41) is 0. The van der Waals surface area contributed by atoms with Crippen LogP contribution in [0.15, 0.2) is 72.9 Å². The van der Waals surface area contributed by atoms with Crippen LogP contribution in [0.25, 0.3) is 0 Å². The smallest absolute Gasteiger partial charge is 0.236 e. The van der Waals surface area contributed by atoms with Gasteiger partial charge in [0.1, 0.15) is 0 Å². The summed E-state index contributed by atoms with van der Waals surface area (Å²) < 4.78 is 12.1. The van der Waals surface area contributed by atoms with Crippen molar-refractivity contribution in [1.82, 2.24) is 14.8 Å². The van der Waals surface area contributed by atoms with Crippen molar-refractivity contribution < 1.29 is 14.3 Å². The fourth-order valence-electron chi connectivity index (χ4n) is 3.90. The number of nitrogens with zero attached hydrogens (tertiary/aromatic N) is 3. The minimum Gasteiger partial charge on any atom is -0.490 e. The zero-order valence-electron chi connectivity index (χ0n) is 19.2. The largest absolute Gasteiger partial charge is 0.490 e. The van der Waals surface area contributed by atoms with E-state index >= 15 is 0 Å². The van der Waals surface area contributed by atoms with Crippen LogP contribution in [0.1, 0.15) is 30.4 Å². The second-order valence-corrected chi connectivity index (χ2v) is 8.37. The number of hydrogen-bond donors (Lipinski definition) is 0. The average molecular weight is 446 g/mol. The highest BCUT2D eigenvalue weighted by Gasteiger charge is 2.18. The number of likely N-dealkylation sites (N-methyl/N-ethyl adjacent to an activating group) is 1. The van der Waals surface area contributed by atoms with Gasteiger partial charge in [0.15, 0.2) is 11.5 Å². The van der Waals surface area contributed by atoms with Gasteiger partial charge in [0.25, 0.3) is 0 Å². The van der Waals surface area contributed by atoms with Gasteiger partial charge in [-0.1, -0.05) is 48.5 Å². The fourth-order valence-corrected chi connectivity index (χ4v) is 3.90. The number of fused-ring (bicyclic) bond motifs is 2. The molecule has 0 radical (unpaired) electrons. The molecule has 1 aromatic heterocycles. The number of pyridine rings is 1. The molecule has 0 unspecified atom stereocenters. The summed E-state index contributed by atoms with van der Waals surface area (Å²) in [6, 6.07) is 21.7. The Hall–Kier alpha value is -3.38. The Bertz CT molecular complexity index is 1040. The molecule has 2 aromatic carbocycles. The summed E-state index contributed by atoms with van der Waals surface area (Å²) in [6.45, 7) is 3.01. The van der Waals surface area contributed by atoms with Crippen LogP contribution in [-0.4, -0.2) is 47.4 Å². The lowest BCUT2D eigenvalue weighted by Gasteiger charge is -2.25. The number of carbonyl (C=O) groups excluding carboxylic acids is 1. The van der Waals surface area contributed by atoms with Gasteiger partial charge in [-0.2, -0.15) is 0 Å². The highest BCUT2D eigenvalue weighted by Crippen LogP contribution is 2.32. The molecule has 33 heavy (non-hydrogen) atoms. The molecular weight excluding hydrogens is 414 g/mol. The number of carbonyl (C=O) groups is 1. The Balaban J connectivity index is 1.50. The number of amides is 1. The number of para-hydroxylation sites is 2. The molecule has 0 aliphatic carbocycles. The lowest BCUT2D eigenvalue weighted by atomic mass is 10.2. The van der Waals surface area contributed by atoms with Crippen molar-refractivity contribution in [3.63, 3.8) is 0 Å². The third-order valence-electron chi connectivity index (χ3n) is 5.72. The molecule has 0 bridgehead atoms. The predicted octanol–water partition coefficient (Wildman–Crippen LogP) is 4.90. The molecule has 0 N–H and O–H groups in total. The summed E-state index contributed by atoms with van der Waals surface area (Å²) in [6.07, 6.45) is 4.71. The van der Waals surface area contributed by atoms with Crippen LogP contribution in [0.5, 0.6) is 17.4 Å². The molecule has 4 rings (SSSR count). The predicted molar refractivity (Wildman–Crippen MR) is 128 cm³/mol. The third kappa shape index (κ3) is 6.56. The summed E-state index contributed by atoms with van der Waals surface area (Å²) >= 11 is 0. The first-order valence-corrected chi connectivity index (χ1v) is 11.5. The maximum absolute atomic E-state index is 13.0. The highest BCUT2D eigenvalue weighted by molar-refractivity contribution is 5.78. The van der Waals surface area contributed by atoms with Gasteiger partial charge in [0.05, 0.1) is 13.2 Å². The summed E-state index contributed by atoms with van der Waals surface area (Å²) in [7, 11) is 1.86. The molecule has 0 saturated heterocycles. The molecule has 0 saturated carbocycles. The first-order valence-electron chi connectivity index (χ1n) is 11.5. The molecule has 172 valence electrons. The van der Waals surface area contributed by atoms with Crippen LogP contribution < -0.4 is 9.47 Å². The normalized spacial score (nSPS) is 14.8. The Morgan fingerprint density at radius 2 is 1.76 bits per heavy atom. The van der Waals surface area contributed by atoms with E-state index in [1.807, 2.05) is 73.8 Å². The van der Waals surface area contributed by atoms with Gasteiger partial charge in [0, 0.05) is 31.9 Å². The second-order valence-electron chi connectivity index (χ2n) is 8.37. The van der Waals surface area contributed by atoms with Crippen LogP contribution in [0.3, 0.4) is 0 Å². The van der Waals surface area contributed by atoms with Gasteiger partial charge >= 0.3 is 0 Å². The molecule has 2 heterocycles. The van der Waals surface area contributed by atoms with E-state index in [0.717, 1.165) is 42.7 Å². The zero-order valence-corrected chi connectivity index (χ0v) is 19.2. The molecule has 0 fully saturated rings. The minimum atomic E-state index is 0.100. The van der Waals surface area contributed by atoms with E-state index in [2.05, 4.69) is 9.88 Å². The van der Waals surface area contributed by atoms with Crippen molar-refractivity contribution in [1.29, 1.82) is 0 Å². The molecule has 0 spiro atoms. The average Bonchev–Trinajstić information content (AvgIpc) is 2.84. The molecular formula is C27H31N3O3. The zero-order chi connectivity index (χ0) is 22.9. The molecule has 0 atom stereocenters. The number of benzene rings is 2. The lowest BCUT2D eigenvalue weighted by molar-refractivity contribution is -0.131. The Morgan fingerprint density at radius 3 is 2.61 bits per heavy atom. The third-order valence-corrected chi connectivity index (χ3v) is 5.72. The van der Waals surface area contributed by atoms with E-state index in [-0.39, 0.29) is 5.91 Å². The van der Waals surface area contributed by atoms with E-state index in [4.69, 9.17) is 9.47 Å². The molecule has 6 nitrogen and oxygen atoms in total. The number of rotatable bonds is 4. The first kappa shape index (κ1) is 22.8. The topological polar surface area (TPSA) is 54.9 Å². The van der Waals surface area contributed by atoms with Gasteiger partial charge in [0.2, 0.25) is 11.8 Å².